The van der Waals surface area contributed by atoms with Crippen molar-refractivity contribution in [3.05, 3.63) is 109 Å². The quantitative estimate of drug-likeness (QED) is 0.147. The average Bonchev–Trinajstić information content (AvgIpc) is 2.96. The molecule has 7 heteroatoms. The number of rotatable bonds is 6. The minimum absolute atomic E-state index is 0.366. The Balaban J connectivity index is 1.47. The van der Waals surface area contributed by atoms with E-state index in [1.54, 1.807) is 18.2 Å². The third kappa shape index (κ3) is 6.01. The van der Waals surface area contributed by atoms with Crippen molar-refractivity contribution in [2.24, 2.45) is 0 Å². The summed E-state index contributed by atoms with van der Waals surface area (Å²) in [5, 5.41) is 5.77. The van der Waals surface area contributed by atoms with Gasteiger partial charge in [-0.25, -0.2) is 0 Å². The van der Waals surface area contributed by atoms with Gasteiger partial charge in [0.15, 0.2) is 0 Å². The highest BCUT2D eigenvalue weighted by Gasteiger charge is 2.16. The van der Waals surface area contributed by atoms with Crippen LogP contribution in [0.15, 0.2) is 109 Å². The first-order chi connectivity index (χ1) is 20.7. The predicted molar refractivity (Wildman–Crippen MR) is 168 cm³/mol. The summed E-state index contributed by atoms with van der Waals surface area (Å²) in [6.45, 7) is 4.14. The van der Waals surface area contributed by atoms with Gasteiger partial charge in [-0.2, -0.15) is 0 Å². The number of hydrogen-bond donors (Lipinski definition) is 0. The number of hydrogen-bond acceptors (Lipinski definition) is 7. The fourth-order valence-corrected chi connectivity index (χ4v) is 5.19. The van der Waals surface area contributed by atoms with Gasteiger partial charge in [-0.3, -0.25) is 14.4 Å². The zero-order valence-corrected chi connectivity index (χ0v) is 23.8. The van der Waals surface area contributed by atoms with Crippen LogP contribution in [0.3, 0.4) is 0 Å². The van der Waals surface area contributed by atoms with Crippen LogP contribution in [0.1, 0.15) is 20.8 Å². The van der Waals surface area contributed by atoms with Gasteiger partial charge in [-0.05, 0) is 105 Å². The molecule has 0 saturated heterocycles. The average molecular weight is 570 g/mol. The molecule has 43 heavy (non-hydrogen) atoms. The van der Waals surface area contributed by atoms with E-state index in [1.165, 1.54) is 20.8 Å². The SMILES string of the molecule is CC(=O)Oc1ccc2cc(N(c3ccc4cc(OC(C)=O)ccc4c3)c3ccc4cc(OC(C)=O)ccc4c3)ccc2c1. The highest BCUT2D eigenvalue weighted by Crippen LogP contribution is 2.39. The van der Waals surface area contributed by atoms with Crippen LogP contribution >= 0.6 is 0 Å². The molecular formula is C36H27NO6. The molecule has 0 aromatic heterocycles. The molecule has 0 radical (unpaired) electrons. The minimum atomic E-state index is -0.366. The van der Waals surface area contributed by atoms with Gasteiger partial charge in [0, 0.05) is 37.8 Å². The van der Waals surface area contributed by atoms with E-state index in [1.807, 2.05) is 72.8 Å². The van der Waals surface area contributed by atoms with Crippen LogP contribution in [-0.2, 0) is 14.4 Å². The lowest BCUT2D eigenvalue weighted by molar-refractivity contribution is -0.132. The highest BCUT2D eigenvalue weighted by molar-refractivity contribution is 5.96. The van der Waals surface area contributed by atoms with Crippen molar-refractivity contribution in [1.29, 1.82) is 0 Å². The molecule has 0 aliphatic heterocycles. The van der Waals surface area contributed by atoms with Gasteiger partial charge in [0.25, 0.3) is 0 Å². The van der Waals surface area contributed by atoms with Crippen LogP contribution in [0.2, 0.25) is 0 Å². The molecule has 0 spiro atoms. The maximum atomic E-state index is 11.5. The van der Waals surface area contributed by atoms with Crippen molar-refractivity contribution in [3.63, 3.8) is 0 Å². The Morgan fingerprint density at radius 3 is 0.930 bits per heavy atom. The number of carbonyl (C=O) groups is 3. The van der Waals surface area contributed by atoms with E-state index < -0.39 is 0 Å². The molecule has 0 heterocycles. The summed E-state index contributed by atoms with van der Waals surface area (Å²) in [4.78, 5) is 36.5. The molecule has 0 saturated carbocycles. The van der Waals surface area contributed by atoms with Crippen molar-refractivity contribution in [3.8, 4) is 17.2 Å². The second kappa shape index (κ2) is 11.3. The first-order valence-corrected chi connectivity index (χ1v) is 13.7. The van der Waals surface area contributed by atoms with Crippen molar-refractivity contribution in [1.82, 2.24) is 0 Å². The van der Waals surface area contributed by atoms with Crippen molar-refractivity contribution >= 4 is 67.3 Å². The van der Waals surface area contributed by atoms with Gasteiger partial charge >= 0.3 is 17.9 Å². The summed E-state index contributed by atoms with van der Waals surface area (Å²) in [5.74, 6) is 0.388. The standard InChI is InChI=1S/C36H27NO6/c1-22(38)41-34-13-7-25-16-31(10-4-28(25)19-34)37(32-11-5-29-20-35(42-23(2)39)14-8-26(29)17-32)33-12-6-30-21-36(43-24(3)40)15-9-27(30)18-33/h4-21H,1-3H3. The fraction of sp³-hybridized carbons (Fsp3) is 0.0833. The monoisotopic (exact) mass is 569 g/mol. The third-order valence-electron chi connectivity index (χ3n) is 6.95. The summed E-state index contributed by atoms with van der Waals surface area (Å²) in [5.41, 5.74) is 2.79. The molecule has 0 unspecified atom stereocenters. The highest BCUT2D eigenvalue weighted by atomic mass is 16.5. The Labute approximate surface area is 247 Å². The molecule has 0 fully saturated rings. The van der Waals surface area contributed by atoms with E-state index in [-0.39, 0.29) is 17.9 Å². The van der Waals surface area contributed by atoms with Crippen LogP contribution in [0, 0.1) is 0 Å². The number of ether oxygens (including phenoxy) is 3. The topological polar surface area (TPSA) is 82.1 Å². The number of fused-ring (bicyclic) bond motifs is 3. The van der Waals surface area contributed by atoms with Crippen molar-refractivity contribution in [2.75, 3.05) is 4.90 Å². The Kier molecular flexibility index (Phi) is 7.22. The molecule has 7 nitrogen and oxygen atoms in total. The van der Waals surface area contributed by atoms with Crippen LogP contribution in [0.5, 0.6) is 17.2 Å². The summed E-state index contributed by atoms with van der Waals surface area (Å²) in [6, 6.07) is 35.1. The maximum Gasteiger partial charge on any atom is 0.308 e. The van der Waals surface area contributed by atoms with E-state index in [2.05, 4.69) is 23.1 Å². The molecule has 6 aromatic rings. The van der Waals surface area contributed by atoms with Crippen LogP contribution in [0.25, 0.3) is 32.3 Å². The largest absolute Gasteiger partial charge is 0.427 e. The number of nitrogens with zero attached hydrogens (tertiary/aromatic N) is 1. The normalized spacial score (nSPS) is 11.0. The van der Waals surface area contributed by atoms with Crippen LogP contribution in [-0.4, -0.2) is 17.9 Å². The van der Waals surface area contributed by atoms with Gasteiger partial charge in [0.05, 0.1) is 0 Å². The third-order valence-corrected chi connectivity index (χ3v) is 6.95. The van der Waals surface area contributed by atoms with E-state index in [0.29, 0.717) is 17.2 Å². The lowest BCUT2D eigenvalue weighted by Crippen LogP contribution is -2.10. The van der Waals surface area contributed by atoms with Gasteiger partial charge in [-0.15, -0.1) is 0 Å². The summed E-state index contributed by atoms with van der Waals surface area (Å²) in [6.07, 6.45) is 0. The molecule has 0 aliphatic carbocycles. The van der Waals surface area contributed by atoms with Crippen LogP contribution in [0.4, 0.5) is 17.1 Å². The molecule has 0 atom stereocenters. The number of esters is 3. The summed E-state index contributed by atoms with van der Waals surface area (Å²) >= 11 is 0. The molecule has 0 aliphatic rings. The second-order valence-electron chi connectivity index (χ2n) is 10.2. The molecule has 212 valence electrons. The Morgan fingerprint density at radius 2 is 0.651 bits per heavy atom. The summed E-state index contributed by atoms with van der Waals surface area (Å²) in [7, 11) is 0. The van der Waals surface area contributed by atoms with E-state index in [9.17, 15) is 14.4 Å². The van der Waals surface area contributed by atoms with E-state index in [4.69, 9.17) is 14.2 Å². The first kappa shape index (κ1) is 27.5. The van der Waals surface area contributed by atoms with Crippen LogP contribution < -0.4 is 19.1 Å². The summed E-state index contributed by atoms with van der Waals surface area (Å²) < 4.78 is 15.8. The number of carbonyl (C=O) groups excluding carboxylic acids is 3. The van der Waals surface area contributed by atoms with Gasteiger partial charge < -0.3 is 19.1 Å². The maximum absolute atomic E-state index is 11.5. The van der Waals surface area contributed by atoms with Gasteiger partial charge in [-0.1, -0.05) is 36.4 Å². The Hall–Kier alpha value is -5.69. The molecular weight excluding hydrogens is 542 g/mol. The van der Waals surface area contributed by atoms with Crippen molar-refractivity contribution in [2.45, 2.75) is 20.8 Å². The second-order valence-corrected chi connectivity index (χ2v) is 10.2. The van der Waals surface area contributed by atoms with E-state index in [0.717, 1.165) is 49.4 Å². The molecule has 6 aromatic carbocycles. The molecule has 6 rings (SSSR count). The zero-order valence-electron chi connectivity index (χ0n) is 23.8. The van der Waals surface area contributed by atoms with Gasteiger partial charge in [0.1, 0.15) is 17.2 Å². The van der Waals surface area contributed by atoms with E-state index >= 15 is 0 Å². The molecule has 0 N–H and O–H groups in total. The Bertz CT molecular complexity index is 1830. The van der Waals surface area contributed by atoms with Crippen molar-refractivity contribution < 1.29 is 28.6 Å². The number of anilines is 3. The molecule has 0 amide bonds. The zero-order chi connectivity index (χ0) is 30.1. The smallest absolute Gasteiger partial charge is 0.308 e. The lowest BCUT2D eigenvalue weighted by atomic mass is 10.0. The van der Waals surface area contributed by atoms with Gasteiger partial charge in [0.2, 0.25) is 0 Å². The lowest BCUT2D eigenvalue weighted by Gasteiger charge is -2.26. The fourth-order valence-electron chi connectivity index (χ4n) is 5.19. The first-order valence-electron chi connectivity index (χ1n) is 13.7. The molecule has 0 bridgehead atoms. The predicted octanol–water partition coefficient (Wildman–Crippen LogP) is 8.39. The number of benzene rings is 6. The Morgan fingerprint density at radius 1 is 0.395 bits per heavy atom. The minimum Gasteiger partial charge on any atom is -0.427 e.